The van der Waals surface area contributed by atoms with Crippen LogP contribution in [0.15, 0.2) is 47.5 Å². The summed E-state index contributed by atoms with van der Waals surface area (Å²) in [7, 11) is 0. The smallest absolute Gasteiger partial charge is 0.320 e. The highest BCUT2D eigenvalue weighted by molar-refractivity contribution is 5.96. The van der Waals surface area contributed by atoms with Crippen molar-refractivity contribution in [3.05, 3.63) is 64.7 Å². The minimum Gasteiger partial charge on any atom is -0.463 e. The van der Waals surface area contributed by atoms with Crippen LogP contribution in [0, 0.1) is 28.4 Å². The van der Waals surface area contributed by atoms with E-state index in [0.717, 1.165) is 32.5 Å². The number of carbonyl (C=O) groups is 1. The molecule has 0 spiro atoms. The maximum Gasteiger partial charge on any atom is 0.320 e. The molecule has 14 heteroatoms. The number of nitrogens with one attached hydrogen (secondary N) is 1. The Labute approximate surface area is 273 Å². The van der Waals surface area contributed by atoms with Crippen molar-refractivity contribution in [2.24, 2.45) is 5.41 Å². The lowest BCUT2D eigenvalue weighted by Crippen LogP contribution is -2.55. The van der Waals surface area contributed by atoms with Gasteiger partial charge in [-0.05, 0) is 56.3 Å². The molecule has 0 radical (unpaired) electrons. The molecule has 5 heterocycles. The summed E-state index contributed by atoms with van der Waals surface area (Å²) in [5.41, 5.74) is -0.984. The van der Waals surface area contributed by atoms with Gasteiger partial charge in [-0.1, -0.05) is 18.7 Å². The summed E-state index contributed by atoms with van der Waals surface area (Å²) >= 11 is 0. The molecule has 2 saturated heterocycles. The van der Waals surface area contributed by atoms with Gasteiger partial charge in [-0.2, -0.15) is 15.2 Å². The first-order valence-corrected chi connectivity index (χ1v) is 16.0. The van der Waals surface area contributed by atoms with E-state index in [9.17, 15) is 19.2 Å². The second kappa shape index (κ2) is 12.5. The van der Waals surface area contributed by atoms with E-state index in [-0.39, 0.29) is 76.5 Å². The normalized spacial score (nSPS) is 19.1. The van der Waals surface area contributed by atoms with Crippen LogP contribution < -0.4 is 15.2 Å². The number of hydrogen-bond acceptors (Lipinski definition) is 9. The fourth-order valence-corrected chi connectivity index (χ4v) is 6.85. The zero-order chi connectivity index (χ0) is 33.6. The number of nitrogens with zero attached hydrogens (tertiary/aromatic N) is 7. The molecule has 3 fully saturated rings. The predicted molar refractivity (Wildman–Crippen MR) is 172 cm³/mol. The number of anilines is 1. The van der Waals surface area contributed by atoms with Gasteiger partial charge in [-0.25, -0.2) is 18.2 Å². The third-order valence-corrected chi connectivity index (χ3v) is 9.49. The monoisotopic (exact) mass is 658 g/mol. The molecule has 11 nitrogen and oxygen atoms in total. The van der Waals surface area contributed by atoms with Crippen molar-refractivity contribution >= 4 is 33.5 Å². The van der Waals surface area contributed by atoms with Crippen LogP contribution in [0.4, 0.5) is 19.0 Å². The van der Waals surface area contributed by atoms with Gasteiger partial charge in [0.15, 0.2) is 17.3 Å². The van der Waals surface area contributed by atoms with Crippen LogP contribution in [0.3, 0.4) is 0 Å². The van der Waals surface area contributed by atoms with Crippen molar-refractivity contribution in [3.8, 4) is 23.5 Å². The first kappa shape index (κ1) is 31.6. The minimum absolute atomic E-state index is 0.000300. The van der Waals surface area contributed by atoms with Crippen molar-refractivity contribution in [1.29, 1.82) is 5.26 Å². The van der Waals surface area contributed by atoms with Gasteiger partial charge in [0.2, 0.25) is 5.56 Å². The molecule has 1 N–H and O–H groups in total. The Morgan fingerprint density at radius 2 is 1.90 bits per heavy atom. The van der Waals surface area contributed by atoms with Crippen molar-refractivity contribution in [1.82, 2.24) is 29.7 Å². The molecule has 1 saturated carbocycles. The van der Waals surface area contributed by atoms with E-state index in [1.165, 1.54) is 42.0 Å². The minimum atomic E-state index is -1.13. The summed E-state index contributed by atoms with van der Waals surface area (Å²) in [6.07, 6.45) is 4.27. The van der Waals surface area contributed by atoms with Crippen LogP contribution in [0.25, 0.3) is 33.2 Å². The number of hydrogen-bond donors (Lipinski definition) is 1. The molecule has 1 amide bonds. The highest BCUT2D eigenvalue weighted by Gasteiger charge is 2.45. The second-order valence-corrected chi connectivity index (χ2v) is 12.9. The number of aromatic amines is 1. The summed E-state index contributed by atoms with van der Waals surface area (Å²) in [6, 6.07) is 7.97. The number of pyridine rings is 2. The van der Waals surface area contributed by atoms with Gasteiger partial charge in [-0.3, -0.25) is 9.59 Å². The Morgan fingerprint density at radius 3 is 2.62 bits per heavy atom. The van der Waals surface area contributed by atoms with Gasteiger partial charge in [0, 0.05) is 43.0 Å². The molecule has 1 atom stereocenters. The highest BCUT2D eigenvalue weighted by Crippen LogP contribution is 2.47. The number of amides is 1. The largest absolute Gasteiger partial charge is 0.463 e. The van der Waals surface area contributed by atoms with E-state index in [2.05, 4.69) is 31.4 Å². The van der Waals surface area contributed by atoms with Gasteiger partial charge in [-0.15, -0.1) is 0 Å². The molecule has 4 aromatic rings. The molecule has 48 heavy (non-hydrogen) atoms. The van der Waals surface area contributed by atoms with Crippen molar-refractivity contribution in [3.63, 3.8) is 0 Å². The molecular formula is C34H33F3N8O3. The fourth-order valence-electron chi connectivity index (χ4n) is 6.85. The summed E-state index contributed by atoms with van der Waals surface area (Å²) < 4.78 is 51.2. The Balaban J connectivity index is 1.31. The standard InChI is InChI=1S/C34H33F3N8O3/c1-20(35)32(47)45-14-13-44(17-22(45)7-10-38)31-23-16-25(37)28(29-27-21(15-26(46)39-29)5-4-6-24(27)36)40-30(23)41-33(42-31)48-19-34(8-9-34)18-43-11-2-3-12-43/h4-6,15-16,22H,1-3,7-9,11-14,17-19H2,(H,39,46)/t22-/m0/s1. The molecular weight excluding hydrogens is 625 g/mol. The van der Waals surface area contributed by atoms with Gasteiger partial charge in [0.05, 0.1) is 36.2 Å². The number of benzene rings is 1. The molecule has 2 aliphatic heterocycles. The van der Waals surface area contributed by atoms with E-state index in [1.54, 1.807) is 11.0 Å². The van der Waals surface area contributed by atoms with E-state index < -0.39 is 35.0 Å². The predicted octanol–water partition coefficient (Wildman–Crippen LogP) is 4.48. The average Bonchev–Trinajstić information content (AvgIpc) is 3.63. The molecule has 1 aliphatic carbocycles. The quantitative estimate of drug-likeness (QED) is 0.259. The molecule has 3 aliphatic rings. The number of carbonyl (C=O) groups excluding carboxylic acids is 1. The van der Waals surface area contributed by atoms with Crippen LogP contribution in [0.1, 0.15) is 32.1 Å². The number of fused-ring (bicyclic) bond motifs is 2. The van der Waals surface area contributed by atoms with Crippen LogP contribution in [0.2, 0.25) is 0 Å². The number of halogens is 3. The molecule has 7 rings (SSSR count). The Hall–Kier alpha value is -5.03. The molecule has 3 aromatic heterocycles. The highest BCUT2D eigenvalue weighted by atomic mass is 19.1. The molecule has 1 aromatic carbocycles. The second-order valence-electron chi connectivity index (χ2n) is 12.9. The first-order valence-electron chi connectivity index (χ1n) is 16.0. The SMILES string of the molecule is C=C(F)C(=O)N1CCN(c2nc(OCC3(CN4CCCC4)CC3)nc3nc(-c4[nH]c(=O)cc5cccc(F)c45)c(F)cc23)C[C@@H]1CC#N. The van der Waals surface area contributed by atoms with Crippen LogP contribution in [-0.2, 0) is 4.79 Å². The average molecular weight is 659 g/mol. The lowest BCUT2D eigenvalue weighted by molar-refractivity contribution is -0.131. The summed E-state index contributed by atoms with van der Waals surface area (Å²) in [5, 5.41) is 9.97. The molecule has 0 bridgehead atoms. The number of rotatable bonds is 9. The van der Waals surface area contributed by atoms with Crippen LogP contribution >= 0.6 is 0 Å². The summed E-state index contributed by atoms with van der Waals surface area (Å²) in [6.45, 7) is 6.82. The lowest BCUT2D eigenvalue weighted by atomic mass is 10.1. The first-order chi connectivity index (χ1) is 23.1. The van der Waals surface area contributed by atoms with E-state index in [4.69, 9.17) is 4.74 Å². The van der Waals surface area contributed by atoms with Gasteiger partial charge >= 0.3 is 6.01 Å². The maximum atomic E-state index is 16.0. The lowest BCUT2D eigenvalue weighted by Gasteiger charge is -2.41. The van der Waals surface area contributed by atoms with Crippen molar-refractivity contribution < 1.29 is 22.7 Å². The Bertz CT molecular complexity index is 2040. The number of ether oxygens (including phenoxy) is 1. The van der Waals surface area contributed by atoms with E-state index in [0.29, 0.717) is 6.61 Å². The van der Waals surface area contributed by atoms with Crippen molar-refractivity contribution in [2.75, 3.05) is 50.8 Å². The Morgan fingerprint density at radius 1 is 1.10 bits per heavy atom. The van der Waals surface area contributed by atoms with E-state index in [1.807, 2.05) is 6.07 Å². The third kappa shape index (κ3) is 6.06. The van der Waals surface area contributed by atoms with Crippen LogP contribution in [-0.4, -0.2) is 87.6 Å². The number of likely N-dealkylation sites (tertiary alicyclic amines) is 1. The summed E-state index contributed by atoms with van der Waals surface area (Å²) in [5.74, 6) is -3.28. The van der Waals surface area contributed by atoms with Gasteiger partial charge < -0.3 is 24.4 Å². The number of H-pyrrole nitrogens is 1. The molecule has 248 valence electrons. The number of aromatic nitrogens is 4. The van der Waals surface area contributed by atoms with Crippen molar-refractivity contribution in [2.45, 2.75) is 38.1 Å². The zero-order valence-electron chi connectivity index (χ0n) is 26.1. The molecule has 0 unspecified atom stereocenters. The number of nitriles is 1. The van der Waals surface area contributed by atoms with Crippen LogP contribution in [0.5, 0.6) is 6.01 Å². The Kier molecular flexibility index (Phi) is 8.24. The summed E-state index contributed by atoms with van der Waals surface area (Å²) in [4.78, 5) is 46.8. The van der Waals surface area contributed by atoms with Gasteiger partial charge in [0.25, 0.3) is 5.91 Å². The van der Waals surface area contributed by atoms with Gasteiger partial charge in [0.1, 0.15) is 17.3 Å². The fraction of sp³-hybridized carbons (Fsp3) is 0.412. The topological polar surface area (TPSA) is 131 Å². The maximum absolute atomic E-state index is 16.0. The zero-order valence-corrected chi connectivity index (χ0v) is 26.1. The third-order valence-electron chi connectivity index (χ3n) is 9.49. The van der Waals surface area contributed by atoms with E-state index >= 15 is 8.78 Å². The number of piperazine rings is 1.